The molecule has 0 aromatic heterocycles. The van der Waals surface area contributed by atoms with Gasteiger partial charge in [0.2, 0.25) is 5.91 Å². The molecule has 3 amide bonds. The number of rotatable bonds is 4. The van der Waals surface area contributed by atoms with E-state index in [4.69, 9.17) is 10.8 Å². The number of carboxylic acids is 1. The number of urea groups is 1. The Morgan fingerprint density at radius 3 is 2.53 bits per heavy atom. The van der Waals surface area contributed by atoms with Gasteiger partial charge in [0.25, 0.3) is 0 Å². The van der Waals surface area contributed by atoms with E-state index >= 15 is 0 Å². The number of hydrogen-bond acceptors (Lipinski definition) is 3. The average Bonchev–Trinajstić information content (AvgIpc) is 2.34. The molecule has 1 atom stereocenters. The minimum Gasteiger partial charge on any atom is -0.480 e. The van der Waals surface area contributed by atoms with E-state index in [1.807, 2.05) is 0 Å². The van der Waals surface area contributed by atoms with Crippen LogP contribution >= 0.6 is 0 Å². The molecule has 1 rings (SSSR count). The van der Waals surface area contributed by atoms with Gasteiger partial charge < -0.3 is 20.6 Å². The maximum atomic E-state index is 12.3. The minimum atomic E-state index is -1.05. The van der Waals surface area contributed by atoms with Gasteiger partial charge in [0, 0.05) is 19.1 Å². The van der Waals surface area contributed by atoms with Crippen molar-refractivity contribution in [1.29, 1.82) is 0 Å². The topological polar surface area (TPSA) is 104 Å². The molecule has 1 unspecified atom stereocenters. The molecule has 1 saturated heterocycles. The summed E-state index contributed by atoms with van der Waals surface area (Å²) in [5, 5.41) is 8.83. The Kier molecular flexibility index (Phi) is 5.14. The molecule has 19 heavy (non-hydrogen) atoms. The number of carbonyl (C=O) groups excluding carboxylic acids is 2. The van der Waals surface area contributed by atoms with E-state index in [2.05, 4.69) is 0 Å². The van der Waals surface area contributed by atoms with Crippen molar-refractivity contribution in [3.05, 3.63) is 0 Å². The van der Waals surface area contributed by atoms with Crippen LogP contribution in [0.25, 0.3) is 0 Å². The van der Waals surface area contributed by atoms with Gasteiger partial charge in [0.15, 0.2) is 0 Å². The highest BCUT2D eigenvalue weighted by Crippen LogP contribution is 2.18. The number of hydrogen-bond donors (Lipinski definition) is 2. The van der Waals surface area contributed by atoms with Crippen LogP contribution in [0.4, 0.5) is 4.79 Å². The van der Waals surface area contributed by atoms with Gasteiger partial charge in [-0.05, 0) is 26.7 Å². The Morgan fingerprint density at radius 2 is 2.05 bits per heavy atom. The summed E-state index contributed by atoms with van der Waals surface area (Å²) in [6.45, 7) is 3.99. The summed E-state index contributed by atoms with van der Waals surface area (Å²) >= 11 is 0. The van der Waals surface area contributed by atoms with E-state index in [0.717, 1.165) is 0 Å². The smallest absolute Gasteiger partial charge is 0.323 e. The summed E-state index contributed by atoms with van der Waals surface area (Å²) in [6.07, 6.45) is 1.39. The van der Waals surface area contributed by atoms with Crippen molar-refractivity contribution >= 4 is 17.9 Å². The van der Waals surface area contributed by atoms with E-state index in [-0.39, 0.29) is 31.1 Å². The van der Waals surface area contributed by atoms with Crippen LogP contribution in [0.2, 0.25) is 0 Å². The molecule has 0 aromatic carbocycles. The molecule has 7 heteroatoms. The lowest BCUT2D eigenvalue weighted by molar-refractivity contribution is -0.138. The second-order valence-electron chi connectivity index (χ2n) is 5.09. The highest BCUT2D eigenvalue weighted by molar-refractivity contribution is 5.82. The van der Waals surface area contributed by atoms with E-state index in [1.54, 1.807) is 13.8 Å². The van der Waals surface area contributed by atoms with Crippen molar-refractivity contribution in [3.8, 4) is 0 Å². The summed E-state index contributed by atoms with van der Waals surface area (Å²) in [5.41, 5.74) is 5.26. The average molecular weight is 271 g/mol. The maximum Gasteiger partial charge on any atom is 0.323 e. The number of amides is 3. The van der Waals surface area contributed by atoms with Gasteiger partial charge in [-0.15, -0.1) is 0 Å². The van der Waals surface area contributed by atoms with Gasteiger partial charge in [0.05, 0.1) is 5.92 Å². The zero-order valence-electron chi connectivity index (χ0n) is 11.3. The van der Waals surface area contributed by atoms with Gasteiger partial charge >= 0.3 is 12.0 Å². The third kappa shape index (κ3) is 4.11. The third-order valence-electron chi connectivity index (χ3n) is 3.27. The fourth-order valence-electron chi connectivity index (χ4n) is 2.18. The van der Waals surface area contributed by atoms with Gasteiger partial charge in [-0.2, -0.15) is 0 Å². The fourth-order valence-corrected chi connectivity index (χ4v) is 2.18. The Bertz CT molecular complexity index is 370. The van der Waals surface area contributed by atoms with Crippen LogP contribution in [0.1, 0.15) is 26.7 Å². The minimum absolute atomic E-state index is 0.211. The van der Waals surface area contributed by atoms with E-state index in [1.165, 1.54) is 9.80 Å². The summed E-state index contributed by atoms with van der Waals surface area (Å²) in [6, 6.07) is -0.555. The van der Waals surface area contributed by atoms with Crippen LogP contribution in [-0.4, -0.2) is 58.5 Å². The van der Waals surface area contributed by atoms with Gasteiger partial charge in [0.1, 0.15) is 6.54 Å². The zero-order chi connectivity index (χ0) is 14.6. The predicted octanol–water partition coefficient (Wildman–Crippen LogP) is 0.0987. The molecule has 0 bridgehead atoms. The summed E-state index contributed by atoms with van der Waals surface area (Å²) in [5.74, 6) is -1.80. The maximum absolute atomic E-state index is 12.3. The van der Waals surface area contributed by atoms with E-state index in [0.29, 0.717) is 19.4 Å². The van der Waals surface area contributed by atoms with Gasteiger partial charge in [-0.1, -0.05) is 0 Å². The quantitative estimate of drug-likeness (QED) is 0.756. The number of nitrogens with zero attached hydrogens (tertiary/aromatic N) is 2. The summed E-state index contributed by atoms with van der Waals surface area (Å²) < 4.78 is 0. The molecule has 3 N–H and O–H groups in total. The Balaban J connectivity index is 2.73. The molecular formula is C12H21N3O4. The highest BCUT2D eigenvalue weighted by atomic mass is 16.4. The van der Waals surface area contributed by atoms with Crippen molar-refractivity contribution in [2.75, 3.05) is 19.6 Å². The lowest BCUT2D eigenvalue weighted by atomic mass is 9.98. The molecule has 1 aliphatic rings. The van der Waals surface area contributed by atoms with Gasteiger partial charge in [-0.25, -0.2) is 4.79 Å². The summed E-state index contributed by atoms with van der Waals surface area (Å²) in [4.78, 5) is 37.0. The molecule has 7 nitrogen and oxygen atoms in total. The number of piperidine rings is 1. The van der Waals surface area contributed by atoms with Crippen molar-refractivity contribution < 1.29 is 19.5 Å². The lowest BCUT2D eigenvalue weighted by Gasteiger charge is -2.36. The fraction of sp³-hybridized carbons (Fsp3) is 0.750. The van der Waals surface area contributed by atoms with Crippen molar-refractivity contribution in [3.63, 3.8) is 0 Å². The molecule has 0 radical (unpaired) electrons. The Hall–Kier alpha value is -1.79. The standard InChI is InChI=1S/C12H21N3O4/c1-8(2)15(7-10(16)17)12(19)14-5-3-4-9(6-14)11(13)18/h8-9H,3-7H2,1-2H3,(H2,13,18)(H,16,17). The Morgan fingerprint density at radius 1 is 1.42 bits per heavy atom. The monoisotopic (exact) mass is 271 g/mol. The predicted molar refractivity (Wildman–Crippen MR) is 68.4 cm³/mol. The molecular weight excluding hydrogens is 250 g/mol. The number of aliphatic carboxylic acids is 1. The summed E-state index contributed by atoms with van der Waals surface area (Å²) in [7, 11) is 0. The normalized spacial score (nSPS) is 19.3. The highest BCUT2D eigenvalue weighted by Gasteiger charge is 2.31. The first-order chi connectivity index (χ1) is 8.82. The number of carboxylic acid groups (broad SMARTS) is 1. The third-order valence-corrected chi connectivity index (χ3v) is 3.27. The zero-order valence-corrected chi connectivity index (χ0v) is 11.3. The first-order valence-corrected chi connectivity index (χ1v) is 6.39. The van der Waals surface area contributed by atoms with Crippen molar-refractivity contribution in [2.24, 2.45) is 11.7 Å². The van der Waals surface area contributed by atoms with Crippen LogP contribution in [-0.2, 0) is 9.59 Å². The van der Waals surface area contributed by atoms with Crippen molar-refractivity contribution in [2.45, 2.75) is 32.7 Å². The molecule has 0 saturated carbocycles. The number of nitrogens with two attached hydrogens (primary N) is 1. The van der Waals surface area contributed by atoms with E-state index < -0.39 is 11.9 Å². The molecule has 0 aromatic rings. The number of primary amides is 1. The second-order valence-corrected chi connectivity index (χ2v) is 5.09. The largest absolute Gasteiger partial charge is 0.480 e. The van der Waals surface area contributed by atoms with Crippen LogP contribution in [0, 0.1) is 5.92 Å². The van der Waals surface area contributed by atoms with Crippen LogP contribution in [0.3, 0.4) is 0 Å². The van der Waals surface area contributed by atoms with Gasteiger partial charge in [-0.3, -0.25) is 9.59 Å². The number of carbonyl (C=O) groups is 3. The van der Waals surface area contributed by atoms with Crippen LogP contribution < -0.4 is 5.73 Å². The van der Waals surface area contributed by atoms with Crippen molar-refractivity contribution in [1.82, 2.24) is 9.80 Å². The molecule has 1 fully saturated rings. The first-order valence-electron chi connectivity index (χ1n) is 6.39. The lowest BCUT2D eigenvalue weighted by Crippen LogP contribution is -2.52. The second kappa shape index (κ2) is 6.40. The molecule has 0 spiro atoms. The van der Waals surface area contributed by atoms with E-state index in [9.17, 15) is 14.4 Å². The molecule has 108 valence electrons. The first kappa shape index (κ1) is 15.3. The molecule has 1 heterocycles. The molecule has 1 aliphatic heterocycles. The van der Waals surface area contributed by atoms with Crippen LogP contribution in [0.15, 0.2) is 0 Å². The number of likely N-dealkylation sites (tertiary alicyclic amines) is 1. The molecule has 0 aliphatic carbocycles. The van der Waals surface area contributed by atoms with Crippen LogP contribution in [0.5, 0.6) is 0 Å². The Labute approximate surface area is 112 Å². The SMILES string of the molecule is CC(C)N(CC(=O)O)C(=O)N1CCCC(C(N)=O)C1.